The van der Waals surface area contributed by atoms with Crippen LogP contribution in [0, 0.1) is 0 Å². The molecule has 4 nitrogen and oxygen atoms in total. The van der Waals surface area contributed by atoms with Gasteiger partial charge in [0, 0.05) is 16.0 Å². The van der Waals surface area contributed by atoms with Crippen LogP contribution < -0.4 is 4.74 Å². The highest BCUT2D eigenvalue weighted by molar-refractivity contribution is 6.31. The van der Waals surface area contributed by atoms with Crippen LogP contribution in [0.5, 0.6) is 5.75 Å². The summed E-state index contributed by atoms with van der Waals surface area (Å²) in [5, 5.41) is 10.5. The van der Waals surface area contributed by atoms with Gasteiger partial charge in [-0.15, -0.1) is 0 Å². The van der Waals surface area contributed by atoms with Crippen molar-refractivity contribution < 1.29 is 14.6 Å². The number of fused-ring (bicyclic) bond motifs is 1. The van der Waals surface area contributed by atoms with Gasteiger partial charge in [0.1, 0.15) is 5.75 Å². The number of hydrogen-bond donors (Lipinski definition) is 1. The fourth-order valence-electron chi connectivity index (χ4n) is 2.43. The van der Waals surface area contributed by atoms with E-state index in [2.05, 4.69) is 4.98 Å². The number of benzene rings is 2. The summed E-state index contributed by atoms with van der Waals surface area (Å²) in [5.74, 6) is -0.290. The lowest BCUT2D eigenvalue weighted by Gasteiger charge is -2.09. The molecule has 0 atom stereocenters. The molecule has 0 aliphatic rings. The van der Waals surface area contributed by atoms with Gasteiger partial charge < -0.3 is 9.84 Å². The Morgan fingerprint density at radius 1 is 1.22 bits per heavy atom. The molecule has 0 saturated heterocycles. The summed E-state index contributed by atoms with van der Waals surface area (Å²) in [7, 11) is 0. The third kappa shape index (κ3) is 3.12. The van der Waals surface area contributed by atoms with Gasteiger partial charge in [0.2, 0.25) is 0 Å². The maximum Gasteiger partial charge on any atom is 0.336 e. The highest BCUT2D eigenvalue weighted by Crippen LogP contribution is 2.28. The number of aromatic nitrogens is 1. The van der Waals surface area contributed by atoms with Gasteiger partial charge in [-0.1, -0.05) is 23.7 Å². The lowest BCUT2D eigenvalue weighted by atomic mass is 10.0. The van der Waals surface area contributed by atoms with Crippen LogP contribution in [-0.2, 0) is 0 Å². The Morgan fingerprint density at radius 2 is 2.04 bits per heavy atom. The molecule has 3 rings (SSSR count). The smallest absolute Gasteiger partial charge is 0.336 e. The molecule has 0 fully saturated rings. The first-order valence-corrected chi connectivity index (χ1v) is 7.53. The quantitative estimate of drug-likeness (QED) is 0.757. The summed E-state index contributed by atoms with van der Waals surface area (Å²) in [5.41, 5.74) is 2.15. The number of carbonyl (C=O) groups is 1. The van der Waals surface area contributed by atoms with Crippen molar-refractivity contribution in [2.45, 2.75) is 6.92 Å². The number of nitrogens with zero attached hydrogens (tertiary/aromatic N) is 1. The monoisotopic (exact) mass is 327 g/mol. The summed E-state index contributed by atoms with van der Waals surface area (Å²) >= 11 is 5.97. The predicted molar refractivity (Wildman–Crippen MR) is 90.3 cm³/mol. The van der Waals surface area contributed by atoms with E-state index in [1.807, 2.05) is 31.2 Å². The minimum absolute atomic E-state index is 0.175. The van der Waals surface area contributed by atoms with Crippen LogP contribution in [0.2, 0.25) is 5.02 Å². The average Bonchev–Trinajstić information content (AvgIpc) is 2.54. The van der Waals surface area contributed by atoms with Gasteiger partial charge in [0.25, 0.3) is 0 Å². The standard InChI is InChI=1S/C18H14ClNO3/c1-2-23-13-5-3-4-11(8-13)17-10-15(18(21)22)14-9-12(19)6-7-16(14)20-17/h3-10H,2H2,1H3,(H,21,22). The largest absolute Gasteiger partial charge is 0.494 e. The van der Waals surface area contributed by atoms with E-state index in [9.17, 15) is 9.90 Å². The molecule has 23 heavy (non-hydrogen) atoms. The molecule has 0 unspecified atom stereocenters. The first-order chi connectivity index (χ1) is 11.1. The van der Waals surface area contributed by atoms with Crippen LogP contribution in [0.25, 0.3) is 22.2 Å². The van der Waals surface area contributed by atoms with E-state index in [0.29, 0.717) is 28.2 Å². The minimum atomic E-state index is -1.01. The Bertz CT molecular complexity index is 893. The Kier molecular flexibility index (Phi) is 4.17. The Morgan fingerprint density at radius 3 is 2.78 bits per heavy atom. The number of pyridine rings is 1. The van der Waals surface area contributed by atoms with E-state index in [1.165, 1.54) is 0 Å². The Balaban J connectivity index is 2.20. The van der Waals surface area contributed by atoms with E-state index in [0.717, 1.165) is 11.3 Å². The van der Waals surface area contributed by atoms with Gasteiger partial charge in [-0.05, 0) is 43.3 Å². The van der Waals surface area contributed by atoms with E-state index >= 15 is 0 Å². The molecule has 0 amide bonds. The zero-order valence-corrected chi connectivity index (χ0v) is 13.2. The van der Waals surface area contributed by atoms with Crippen molar-refractivity contribution in [2.75, 3.05) is 6.61 Å². The van der Waals surface area contributed by atoms with Gasteiger partial charge in [-0.2, -0.15) is 0 Å². The Hall–Kier alpha value is -2.59. The molecule has 2 aromatic carbocycles. The lowest BCUT2D eigenvalue weighted by Crippen LogP contribution is -2.00. The molecule has 0 radical (unpaired) electrons. The molecule has 1 aromatic heterocycles. The van der Waals surface area contributed by atoms with E-state index in [4.69, 9.17) is 16.3 Å². The molecule has 1 N–H and O–H groups in total. The van der Waals surface area contributed by atoms with E-state index in [-0.39, 0.29) is 5.56 Å². The molecule has 0 bridgehead atoms. The molecular formula is C18H14ClNO3. The zero-order valence-electron chi connectivity index (χ0n) is 12.4. The first kappa shape index (κ1) is 15.3. The number of aromatic carboxylic acids is 1. The number of hydrogen-bond acceptors (Lipinski definition) is 3. The van der Waals surface area contributed by atoms with Crippen LogP contribution >= 0.6 is 11.6 Å². The third-order valence-electron chi connectivity index (χ3n) is 3.44. The summed E-state index contributed by atoms with van der Waals surface area (Å²) in [6.07, 6.45) is 0. The highest BCUT2D eigenvalue weighted by Gasteiger charge is 2.13. The van der Waals surface area contributed by atoms with Crippen LogP contribution in [0.1, 0.15) is 17.3 Å². The maximum atomic E-state index is 11.6. The highest BCUT2D eigenvalue weighted by atomic mass is 35.5. The number of rotatable bonds is 4. The molecule has 1 heterocycles. The van der Waals surface area contributed by atoms with Crippen molar-refractivity contribution in [3.05, 3.63) is 59.1 Å². The molecule has 0 spiro atoms. The van der Waals surface area contributed by atoms with Crippen LogP contribution in [0.15, 0.2) is 48.5 Å². The van der Waals surface area contributed by atoms with Crippen LogP contribution in [0.4, 0.5) is 0 Å². The van der Waals surface area contributed by atoms with E-state index in [1.54, 1.807) is 24.3 Å². The maximum absolute atomic E-state index is 11.6. The third-order valence-corrected chi connectivity index (χ3v) is 3.68. The fourth-order valence-corrected chi connectivity index (χ4v) is 2.61. The average molecular weight is 328 g/mol. The summed E-state index contributed by atoms with van der Waals surface area (Å²) in [6.45, 7) is 2.47. The number of carboxylic acids is 1. The van der Waals surface area contributed by atoms with Gasteiger partial charge in [0.05, 0.1) is 23.4 Å². The SMILES string of the molecule is CCOc1cccc(-c2cc(C(=O)O)c3cc(Cl)ccc3n2)c1. The first-order valence-electron chi connectivity index (χ1n) is 7.15. The molecule has 116 valence electrons. The fraction of sp³-hybridized carbons (Fsp3) is 0.111. The lowest BCUT2D eigenvalue weighted by molar-refractivity contribution is 0.0699. The molecule has 0 aliphatic carbocycles. The number of carboxylic acid groups (broad SMARTS) is 1. The van der Waals surface area contributed by atoms with Crippen LogP contribution in [-0.4, -0.2) is 22.7 Å². The molecule has 0 aliphatic heterocycles. The second kappa shape index (κ2) is 6.26. The van der Waals surface area contributed by atoms with Gasteiger partial charge in [-0.25, -0.2) is 9.78 Å². The van der Waals surface area contributed by atoms with Crippen molar-refractivity contribution >= 4 is 28.5 Å². The van der Waals surface area contributed by atoms with Gasteiger partial charge in [0.15, 0.2) is 0 Å². The second-order valence-electron chi connectivity index (χ2n) is 4.98. The molecular weight excluding hydrogens is 314 g/mol. The summed E-state index contributed by atoms with van der Waals surface area (Å²) in [4.78, 5) is 16.1. The predicted octanol–water partition coefficient (Wildman–Crippen LogP) is 4.65. The normalized spacial score (nSPS) is 10.7. The van der Waals surface area contributed by atoms with E-state index < -0.39 is 5.97 Å². The second-order valence-corrected chi connectivity index (χ2v) is 5.42. The van der Waals surface area contributed by atoms with Crippen molar-refractivity contribution in [3.8, 4) is 17.0 Å². The number of ether oxygens (including phenoxy) is 1. The summed E-state index contributed by atoms with van der Waals surface area (Å²) in [6, 6.07) is 14.0. The van der Waals surface area contributed by atoms with Crippen molar-refractivity contribution in [2.24, 2.45) is 0 Å². The summed E-state index contributed by atoms with van der Waals surface area (Å²) < 4.78 is 5.49. The number of halogens is 1. The van der Waals surface area contributed by atoms with Crippen molar-refractivity contribution in [1.29, 1.82) is 0 Å². The van der Waals surface area contributed by atoms with Gasteiger partial charge >= 0.3 is 5.97 Å². The minimum Gasteiger partial charge on any atom is -0.494 e. The molecule has 3 aromatic rings. The van der Waals surface area contributed by atoms with Crippen molar-refractivity contribution in [1.82, 2.24) is 4.98 Å². The van der Waals surface area contributed by atoms with Crippen LogP contribution in [0.3, 0.4) is 0 Å². The topological polar surface area (TPSA) is 59.4 Å². The molecule has 5 heteroatoms. The Labute approximate surface area is 138 Å². The van der Waals surface area contributed by atoms with Crippen molar-refractivity contribution in [3.63, 3.8) is 0 Å². The zero-order chi connectivity index (χ0) is 16.4. The molecule has 0 saturated carbocycles. The van der Waals surface area contributed by atoms with Gasteiger partial charge in [-0.3, -0.25) is 0 Å².